The number of carboxylic acids is 2. The van der Waals surface area contributed by atoms with E-state index in [9.17, 15) is 24.9 Å². The number of aryl methyl sites for hydroxylation is 2. The first kappa shape index (κ1) is 37.2. The first-order chi connectivity index (χ1) is 25.3. The number of para-hydroxylation sites is 2. The molecule has 7 rings (SSSR count). The summed E-state index contributed by atoms with van der Waals surface area (Å²) < 4.78 is 2.21. The number of aromatic hydroxyl groups is 1. The SMILES string of the molecule is CCCCCCC1CCc2c([nH]c3c(C(=O)O)cccc23)C1.CCCCCCC1CCc2c(n(Cc3cccc(O)c3)c3c(C(=O)O)cccc23)C1. The summed E-state index contributed by atoms with van der Waals surface area (Å²) in [6.07, 6.45) is 19.6. The molecule has 5 aromatic rings. The standard InChI is InChI=1S/C26H31NO3.C19H25NO2/c1-2-3-4-5-8-18-13-14-21-22-11-7-12-23(26(29)30)25(22)27(24(21)16-18)17-19-9-6-10-20(28)15-19;1-2-3-4-5-7-13-10-11-14-15-8-6-9-16(19(21)22)18(15)20-17(14)12-13/h6-7,9-12,15,18,28H,2-5,8,13-14,16-17H2,1H3,(H,29,30);6,8-9,13,20H,2-5,7,10-12H2,1H3,(H,21,22). The highest BCUT2D eigenvalue weighted by molar-refractivity contribution is 6.04. The van der Waals surface area contributed by atoms with E-state index in [1.165, 1.54) is 99.6 Å². The first-order valence-corrected chi connectivity index (χ1v) is 19.8. The number of aromatic carboxylic acids is 2. The lowest BCUT2D eigenvalue weighted by Gasteiger charge is -2.24. The molecule has 2 unspecified atom stereocenters. The Morgan fingerprint density at radius 2 is 1.35 bits per heavy atom. The largest absolute Gasteiger partial charge is 0.508 e. The quantitative estimate of drug-likeness (QED) is 0.0859. The topological polar surface area (TPSA) is 116 Å². The van der Waals surface area contributed by atoms with E-state index in [4.69, 9.17) is 0 Å². The smallest absolute Gasteiger partial charge is 0.337 e. The number of fused-ring (bicyclic) bond motifs is 6. The zero-order valence-electron chi connectivity index (χ0n) is 31.1. The maximum atomic E-state index is 12.0. The van der Waals surface area contributed by atoms with Crippen molar-refractivity contribution in [2.45, 2.75) is 123 Å². The number of benzene rings is 3. The van der Waals surface area contributed by atoms with Gasteiger partial charge in [-0.25, -0.2) is 9.59 Å². The molecule has 0 amide bonds. The molecule has 0 fully saturated rings. The number of hydrogen-bond acceptors (Lipinski definition) is 3. The zero-order chi connectivity index (χ0) is 36.6. The number of phenolic OH excluding ortho intramolecular Hbond substituents is 1. The maximum Gasteiger partial charge on any atom is 0.337 e. The van der Waals surface area contributed by atoms with Gasteiger partial charge in [0.1, 0.15) is 5.75 Å². The van der Waals surface area contributed by atoms with Gasteiger partial charge in [-0.2, -0.15) is 0 Å². The Kier molecular flexibility index (Phi) is 12.4. The highest BCUT2D eigenvalue weighted by atomic mass is 16.4. The van der Waals surface area contributed by atoms with Crippen molar-refractivity contribution in [3.63, 3.8) is 0 Å². The predicted octanol–water partition coefficient (Wildman–Crippen LogP) is 11.1. The molecule has 7 nitrogen and oxygen atoms in total. The maximum absolute atomic E-state index is 12.0. The minimum absolute atomic E-state index is 0.241. The molecular weight excluding hydrogens is 649 g/mol. The van der Waals surface area contributed by atoms with Crippen molar-refractivity contribution in [3.05, 3.63) is 99.9 Å². The fraction of sp³-hybridized carbons (Fsp3) is 0.467. The van der Waals surface area contributed by atoms with E-state index in [1.54, 1.807) is 24.3 Å². The summed E-state index contributed by atoms with van der Waals surface area (Å²) in [5.41, 5.74) is 8.61. The summed E-state index contributed by atoms with van der Waals surface area (Å²) in [6.45, 7) is 5.07. The van der Waals surface area contributed by atoms with Crippen LogP contribution in [0.4, 0.5) is 0 Å². The van der Waals surface area contributed by atoms with Crippen molar-refractivity contribution in [1.29, 1.82) is 0 Å². The molecule has 0 saturated heterocycles. The summed E-state index contributed by atoms with van der Waals surface area (Å²) in [5, 5.41) is 31.3. The third-order valence-corrected chi connectivity index (χ3v) is 11.6. The van der Waals surface area contributed by atoms with Gasteiger partial charge in [0.15, 0.2) is 0 Å². The van der Waals surface area contributed by atoms with E-state index in [0.29, 0.717) is 23.6 Å². The first-order valence-electron chi connectivity index (χ1n) is 19.8. The van der Waals surface area contributed by atoms with Crippen LogP contribution in [0.25, 0.3) is 21.8 Å². The van der Waals surface area contributed by atoms with Crippen molar-refractivity contribution in [2.24, 2.45) is 11.8 Å². The Bertz CT molecular complexity index is 2000. The lowest BCUT2D eigenvalue weighted by molar-refractivity contribution is 0.0687. The number of rotatable bonds is 14. The molecule has 3 aromatic carbocycles. The highest BCUT2D eigenvalue weighted by Crippen LogP contribution is 2.38. The van der Waals surface area contributed by atoms with Crippen LogP contribution in [0.1, 0.15) is 140 Å². The normalized spacial score (nSPS) is 16.7. The van der Waals surface area contributed by atoms with Gasteiger partial charge in [-0.3, -0.25) is 0 Å². The van der Waals surface area contributed by atoms with Crippen LogP contribution in [-0.4, -0.2) is 36.8 Å². The van der Waals surface area contributed by atoms with Crippen molar-refractivity contribution >= 4 is 33.7 Å². The number of nitrogens with zero attached hydrogens (tertiary/aromatic N) is 1. The Morgan fingerprint density at radius 3 is 2.00 bits per heavy atom. The van der Waals surface area contributed by atoms with Crippen LogP contribution in [0.5, 0.6) is 5.75 Å². The number of hydrogen-bond donors (Lipinski definition) is 4. The molecule has 2 atom stereocenters. The monoisotopic (exact) mass is 704 g/mol. The molecule has 0 bridgehead atoms. The number of nitrogens with one attached hydrogen (secondary N) is 1. The molecule has 2 aliphatic rings. The molecule has 0 saturated carbocycles. The van der Waals surface area contributed by atoms with Gasteiger partial charge in [-0.15, -0.1) is 0 Å². The van der Waals surface area contributed by atoms with Crippen LogP contribution in [0, 0.1) is 11.8 Å². The number of carbonyl (C=O) groups is 2. The average molecular weight is 705 g/mol. The molecular formula is C45H56N2O5. The van der Waals surface area contributed by atoms with Gasteiger partial charge in [0.2, 0.25) is 0 Å². The number of H-pyrrole nitrogens is 1. The van der Waals surface area contributed by atoms with E-state index in [0.717, 1.165) is 59.0 Å². The van der Waals surface area contributed by atoms with Crippen molar-refractivity contribution in [1.82, 2.24) is 9.55 Å². The number of aromatic amines is 1. The van der Waals surface area contributed by atoms with Crippen LogP contribution >= 0.6 is 0 Å². The number of carboxylic acid groups (broad SMARTS) is 2. The molecule has 0 radical (unpaired) electrons. The van der Waals surface area contributed by atoms with E-state index in [1.807, 2.05) is 24.3 Å². The summed E-state index contributed by atoms with van der Waals surface area (Å²) >= 11 is 0. The van der Waals surface area contributed by atoms with Crippen molar-refractivity contribution in [3.8, 4) is 5.75 Å². The van der Waals surface area contributed by atoms with E-state index >= 15 is 0 Å². The van der Waals surface area contributed by atoms with Crippen LogP contribution in [0.3, 0.4) is 0 Å². The van der Waals surface area contributed by atoms with Gasteiger partial charge in [-0.05, 0) is 91.3 Å². The molecule has 52 heavy (non-hydrogen) atoms. The Morgan fingerprint density at radius 1 is 0.731 bits per heavy atom. The molecule has 7 heteroatoms. The average Bonchev–Trinajstić information content (AvgIpc) is 3.67. The second kappa shape index (κ2) is 17.3. The molecule has 4 N–H and O–H groups in total. The van der Waals surface area contributed by atoms with Crippen LogP contribution in [0.2, 0.25) is 0 Å². The van der Waals surface area contributed by atoms with E-state index < -0.39 is 11.9 Å². The Balaban J connectivity index is 0.000000187. The van der Waals surface area contributed by atoms with E-state index in [2.05, 4.69) is 35.5 Å². The van der Waals surface area contributed by atoms with Crippen LogP contribution in [-0.2, 0) is 32.2 Å². The van der Waals surface area contributed by atoms with Gasteiger partial charge in [-0.1, -0.05) is 114 Å². The van der Waals surface area contributed by atoms with Crippen molar-refractivity contribution in [2.75, 3.05) is 0 Å². The molecule has 276 valence electrons. The molecule has 0 spiro atoms. The van der Waals surface area contributed by atoms with Gasteiger partial charge in [0.05, 0.1) is 22.2 Å². The van der Waals surface area contributed by atoms with Crippen LogP contribution < -0.4 is 0 Å². The van der Waals surface area contributed by atoms with Gasteiger partial charge >= 0.3 is 11.9 Å². The fourth-order valence-electron chi connectivity index (χ4n) is 8.87. The lowest BCUT2D eigenvalue weighted by Crippen LogP contribution is -2.17. The highest BCUT2D eigenvalue weighted by Gasteiger charge is 2.28. The summed E-state index contributed by atoms with van der Waals surface area (Å²) in [6, 6.07) is 18.5. The fourth-order valence-corrected chi connectivity index (χ4v) is 8.87. The number of aromatic nitrogens is 2. The predicted molar refractivity (Wildman–Crippen MR) is 210 cm³/mol. The third-order valence-electron chi connectivity index (χ3n) is 11.6. The van der Waals surface area contributed by atoms with Crippen molar-refractivity contribution < 1.29 is 24.9 Å². The summed E-state index contributed by atoms with van der Waals surface area (Å²) in [5.74, 6) is -0.0744. The number of phenols is 1. The minimum Gasteiger partial charge on any atom is -0.508 e. The number of unbranched alkanes of at least 4 members (excludes halogenated alkanes) is 6. The Hall–Kier alpha value is -4.52. The van der Waals surface area contributed by atoms with Crippen LogP contribution in [0.15, 0.2) is 60.7 Å². The van der Waals surface area contributed by atoms with E-state index in [-0.39, 0.29) is 5.75 Å². The summed E-state index contributed by atoms with van der Waals surface area (Å²) in [4.78, 5) is 26.8. The Labute approximate surface area is 308 Å². The minimum atomic E-state index is -0.885. The van der Waals surface area contributed by atoms with Gasteiger partial charge in [0.25, 0.3) is 0 Å². The summed E-state index contributed by atoms with van der Waals surface area (Å²) in [7, 11) is 0. The van der Waals surface area contributed by atoms with Gasteiger partial charge in [0, 0.05) is 28.7 Å². The molecule has 2 aromatic heterocycles. The zero-order valence-corrected chi connectivity index (χ0v) is 31.1. The molecule has 0 aliphatic heterocycles. The van der Waals surface area contributed by atoms with Gasteiger partial charge < -0.3 is 24.9 Å². The molecule has 2 aliphatic carbocycles. The molecule has 2 heterocycles. The second-order valence-electron chi connectivity index (χ2n) is 15.2. The third kappa shape index (κ3) is 8.40. The lowest BCUT2D eigenvalue weighted by atomic mass is 9.83. The second-order valence-corrected chi connectivity index (χ2v) is 15.2.